The molecule has 0 aliphatic carbocycles. The first-order valence-corrected chi connectivity index (χ1v) is 11.2. The molecule has 0 aromatic carbocycles. The summed E-state index contributed by atoms with van der Waals surface area (Å²) in [5, 5.41) is 5.75. The van der Waals surface area contributed by atoms with Gasteiger partial charge < -0.3 is 15.1 Å². The number of nitrogens with zero attached hydrogens (tertiary/aromatic N) is 6. The van der Waals surface area contributed by atoms with Gasteiger partial charge in [-0.15, -0.1) is 35.3 Å². The lowest BCUT2D eigenvalue weighted by molar-refractivity contribution is 0.372. The minimum atomic E-state index is 0. The van der Waals surface area contributed by atoms with E-state index in [0.717, 1.165) is 68.9 Å². The Morgan fingerprint density at radius 1 is 1.14 bits per heavy atom. The highest BCUT2D eigenvalue weighted by atomic mass is 127. The standard InChI is InChI=1S/C18H29N7S2.HI/c1-5-14-13(3)26-16(21-14)7-8-20-17(19-4)24-9-11-25(12-10-24)18-22-15(6-2)23-27-18;/h5-12H2,1-4H3,(H,19,20);1H. The fraction of sp³-hybridized carbons (Fsp3) is 0.667. The molecule has 3 rings (SSSR count). The summed E-state index contributed by atoms with van der Waals surface area (Å²) in [6.45, 7) is 11.1. The molecule has 0 amide bonds. The molecular formula is C18H30IN7S2. The highest BCUT2D eigenvalue weighted by Gasteiger charge is 2.22. The summed E-state index contributed by atoms with van der Waals surface area (Å²) >= 11 is 3.32. The third-order valence-electron chi connectivity index (χ3n) is 4.73. The summed E-state index contributed by atoms with van der Waals surface area (Å²) < 4.78 is 4.40. The van der Waals surface area contributed by atoms with Crippen LogP contribution in [0.5, 0.6) is 0 Å². The van der Waals surface area contributed by atoms with Gasteiger partial charge in [0, 0.05) is 69.0 Å². The molecule has 2 aromatic rings. The molecule has 0 unspecified atom stereocenters. The highest BCUT2D eigenvalue weighted by Crippen LogP contribution is 2.20. The topological polar surface area (TPSA) is 69.5 Å². The van der Waals surface area contributed by atoms with Crippen LogP contribution in [-0.4, -0.2) is 65.0 Å². The zero-order valence-corrected chi connectivity index (χ0v) is 21.0. The molecule has 1 aliphatic heterocycles. The third-order valence-corrected chi connectivity index (χ3v) is 6.62. The average molecular weight is 536 g/mol. The summed E-state index contributed by atoms with van der Waals surface area (Å²) in [6, 6.07) is 0. The van der Waals surface area contributed by atoms with E-state index in [2.05, 4.69) is 50.2 Å². The second-order valence-corrected chi connectivity index (χ2v) is 8.53. The summed E-state index contributed by atoms with van der Waals surface area (Å²) in [7, 11) is 1.86. The molecule has 28 heavy (non-hydrogen) atoms. The molecule has 0 atom stereocenters. The zero-order valence-electron chi connectivity index (χ0n) is 17.1. The van der Waals surface area contributed by atoms with Crippen LogP contribution in [0.15, 0.2) is 4.99 Å². The van der Waals surface area contributed by atoms with Gasteiger partial charge in [0.05, 0.1) is 10.7 Å². The maximum absolute atomic E-state index is 4.72. The van der Waals surface area contributed by atoms with E-state index in [0.29, 0.717) is 0 Å². The molecule has 0 bridgehead atoms. The maximum Gasteiger partial charge on any atom is 0.205 e. The fourth-order valence-electron chi connectivity index (χ4n) is 3.16. The molecule has 7 nitrogen and oxygen atoms in total. The van der Waals surface area contributed by atoms with Gasteiger partial charge in [-0.2, -0.15) is 4.37 Å². The first-order chi connectivity index (χ1) is 13.1. The lowest BCUT2D eigenvalue weighted by Crippen LogP contribution is -2.52. The van der Waals surface area contributed by atoms with E-state index in [1.807, 2.05) is 18.4 Å². The molecule has 156 valence electrons. The number of hydrogen-bond acceptors (Lipinski definition) is 7. The Bertz CT molecular complexity index is 766. The number of guanidine groups is 1. The average Bonchev–Trinajstić information content (AvgIpc) is 3.32. The molecule has 0 saturated carbocycles. The van der Waals surface area contributed by atoms with E-state index >= 15 is 0 Å². The number of anilines is 1. The van der Waals surface area contributed by atoms with Gasteiger partial charge in [-0.3, -0.25) is 4.99 Å². The summed E-state index contributed by atoms with van der Waals surface area (Å²) in [5.74, 6) is 1.92. The van der Waals surface area contributed by atoms with E-state index in [1.54, 1.807) is 0 Å². The minimum absolute atomic E-state index is 0. The number of halogens is 1. The Balaban J connectivity index is 0.00000280. The molecule has 1 fully saturated rings. The van der Waals surface area contributed by atoms with Gasteiger partial charge in [0.25, 0.3) is 0 Å². The van der Waals surface area contributed by atoms with Gasteiger partial charge in [0.2, 0.25) is 5.13 Å². The van der Waals surface area contributed by atoms with Crippen molar-refractivity contribution >= 4 is 57.9 Å². The molecule has 0 spiro atoms. The van der Waals surface area contributed by atoms with Gasteiger partial charge in [-0.1, -0.05) is 13.8 Å². The van der Waals surface area contributed by atoms with Crippen LogP contribution in [0.1, 0.15) is 35.3 Å². The summed E-state index contributed by atoms with van der Waals surface area (Å²) in [5.41, 5.74) is 1.23. The van der Waals surface area contributed by atoms with Crippen LogP contribution >= 0.6 is 46.8 Å². The second-order valence-electron chi connectivity index (χ2n) is 6.51. The second kappa shape index (κ2) is 11.2. The molecule has 2 aromatic heterocycles. The smallest absolute Gasteiger partial charge is 0.205 e. The highest BCUT2D eigenvalue weighted by molar-refractivity contribution is 14.0. The number of aryl methyl sites for hydroxylation is 3. The number of rotatable bonds is 6. The number of hydrogen-bond donors (Lipinski definition) is 1. The monoisotopic (exact) mass is 535 g/mol. The normalized spacial score (nSPS) is 14.9. The van der Waals surface area contributed by atoms with Crippen LogP contribution in [0.25, 0.3) is 0 Å². The predicted octanol–water partition coefficient (Wildman–Crippen LogP) is 2.99. The number of nitrogens with one attached hydrogen (secondary N) is 1. The van der Waals surface area contributed by atoms with Gasteiger partial charge in [0.15, 0.2) is 5.96 Å². The maximum atomic E-state index is 4.72. The number of aliphatic imine (C=N–C) groups is 1. The zero-order chi connectivity index (χ0) is 19.2. The van der Waals surface area contributed by atoms with Crippen molar-refractivity contribution in [1.29, 1.82) is 0 Å². The van der Waals surface area contributed by atoms with Gasteiger partial charge in [0.1, 0.15) is 5.82 Å². The minimum Gasteiger partial charge on any atom is -0.356 e. The number of piperazine rings is 1. The lowest BCUT2D eigenvalue weighted by atomic mass is 10.3. The molecule has 1 N–H and O–H groups in total. The van der Waals surface area contributed by atoms with Crippen LogP contribution in [0.4, 0.5) is 5.13 Å². The summed E-state index contributed by atoms with van der Waals surface area (Å²) in [6.07, 6.45) is 2.84. The van der Waals surface area contributed by atoms with Crippen LogP contribution in [0.3, 0.4) is 0 Å². The van der Waals surface area contributed by atoms with Crippen LogP contribution in [0.2, 0.25) is 0 Å². The number of aromatic nitrogens is 3. The summed E-state index contributed by atoms with van der Waals surface area (Å²) in [4.78, 5) is 19.8. The quantitative estimate of drug-likeness (QED) is 0.349. The van der Waals surface area contributed by atoms with Crippen LogP contribution in [0, 0.1) is 6.92 Å². The van der Waals surface area contributed by atoms with Crippen molar-refractivity contribution in [2.75, 3.05) is 44.7 Å². The molecule has 1 saturated heterocycles. The van der Waals surface area contributed by atoms with E-state index in [1.165, 1.54) is 27.1 Å². The first kappa shape index (κ1) is 23.3. The number of thiazole rings is 1. The van der Waals surface area contributed by atoms with Crippen molar-refractivity contribution in [2.24, 2.45) is 4.99 Å². The Labute approximate surface area is 192 Å². The largest absolute Gasteiger partial charge is 0.356 e. The van der Waals surface area contributed by atoms with E-state index in [-0.39, 0.29) is 24.0 Å². The van der Waals surface area contributed by atoms with Crippen molar-refractivity contribution < 1.29 is 0 Å². The molecule has 0 radical (unpaired) electrons. The van der Waals surface area contributed by atoms with Crippen molar-refractivity contribution in [1.82, 2.24) is 24.6 Å². The third kappa shape index (κ3) is 5.76. The SMILES string of the molecule is CCc1nsc(N2CCN(C(=NC)NCCc3nc(CC)c(C)s3)CC2)n1.I. The van der Waals surface area contributed by atoms with E-state index in [4.69, 9.17) is 4.98 Å². The van der Waals surface area contributed by atoms with Crippen LogP contribution in [-0.2, 0) is 19.3 Å². The van der Waals surface area contributed by atoms with Gasteiger partial charge in [-0.25, -0.2) is 9.97 Å². The Hall–Kier alpha value is -1.01. The van der Waals surface area contributed by atoms with Gasteiger partial charge in [-0.05, 0) is 13.3 Å². The van der Waals surface area contributed by atoms with Crippen molar-refractivity contribution in [3.63, 3.8) is 0 Å². The van der Waals surface area contributed by atoms with Crippen molar-refractivity contribution in [3.8, 4) is 0 Å². The molecular weight excluding hydrogens is 505 g/mol. The van der Waals surface area contributed by atoms with E-state index in [9.17, 15) is 0 Å². The molecule has 1 aliphatic rings. The predicted molar refractivity (Wildman–Crippen MR) is 130 cm³/mol. The first-order valence-electron chi connectivity index (χ1n) is 9.62. The lowest BCUT2D eigenvalue weighted by Gasteiger charge is -2.36. The van der Waals surface area contributed by atoms with Gasteiger partial charge >= 0.3 is 0 Å². The van der Waals surface area contributed by atoms with Crippen molar-refractivity contribution in [2.45, 2.75) is 40.0 Å². The Morgan fingerprint density at radius 2 is 1.89 bits per heavy atom. The Morgan fingerprint density at radius 3 is 2.46 bits per heavy atom. The van der Waals surface area contributed by atoms with Crippen LogP contribution < -0.4 is 10.2 Å². The molecule has 3 heterocycles. The van der Waals surface area contributed by atoms with Crippen molar-refractivity contribution in [3.05, 3.63) is 21.4 Å². The Kier molecular flexibility index (Phi) is 9.35. The van der Waals surface area contributed by atoms with E-state index < -0.39 is 0 Å². The molecule has 10 heteroatoms. The fourth-order valence-corrected chi connectivity index (χ4v) is 4.98.